The highest BCUT2D eigenvalue weighted by Crippen LogP contribution is 2.46. The summed E-state index contributed by atoms with van der Waals surface area (Å²) < 4.78 is 35.5. The van der Waals surface area contributed by atoms with Crippen LogP contribution in [0.5, 0.6) is 0 Å². The molecular formula is C110H140O28. The van der Waals surface area contributed by atoms with Crippen molar-refractivity contribution in [1.29, 1.82) is 0 Å². The SMILES string of the molecule is CC(=O)CCC(=O)OC[C@H](O)[C@H]1OC(=O)C(O)=C1O.CC1=C(/C=C/C(C)=C/C=C/C(C)=C/C=C/C=C(C)/C=C/C=C(C)/C=C/C2=C(C)C(=O)C(OC(=O)CCC(=O)O)CC2(C)C)C(C)(C)CC(OC(=O)CCC(=O)O)C1=O.COC1CC(C)(C)C(/C=C/C(C)=C/C=C/C(C)=C/C=C/C=C(C)/C=C/C=C(C)/C=C/C2=C(C)C(=O)C(CC(=O)C(C)OC[C@H](O)[C@H]3OC(=O)C(O)=C3O)CC2(C)C)=C(C)C1=O. The average molecular weight is 1910 g/mol. The summed E-state index contributed by atoms with van der Waals surface area (Å²) in [6.45, 7) is 41.4. The van der Waals surface area contributed by atoms with Crippen molar-refractivity contribution in [2.24, 2.45) is 27.6 Å². The summed E-state index contributed by atoms with van der Waals surface area (Å²) in [5.74, 6) is -11.7. The van der Waals surface area contributed by atoms with Crippen LogP contribution < -0.4 is 0 Å². The largest absolute Gasteiger partial charge is 0.505 e. The quantitative estimate of drug-likeness (QED) is 0.0160. The maximum absolute atomic E-state index is 13.5. The third-order valence-electron chi connectivity index (χ3n) is 23.7. The van der Waals surface area contributed by atoms with Crippen LogP contribution in [0.2, 0.25) is 0 Å². The summed E-state index contributed by atoms with van der Waals surface area (Å²) >= 11 is 0. The summed E-state index contributed by atoms with van der Waals surface area (Å²) in [5, 5.41) is 75.0. The summed E-state index contributed by atoms with van der Waals surface area (Å²) in [6, 6.07) is 0. The smallest absolute Gasteiger partial charge is 0.377 e. The van der Waals surface area contributed by atoms with Gasteiger partial charge in [-0.2, -0.15) is 0 Å². The lowest BCUT2D eigenvalue weighted by Crippen LogP contribution is -2.39. The maximum Gasteiger partial charge on any atom is 0.377 e. The number of aliphatic carboxylic acids is 2. The predicted octanol–water partition coefficient (Wildman–Crippen LogP) is 19.0. The molecule has 0 bridgehead atoms. The van der Waals surface area contributed by atoms with Gasteiger partial charge in [0.25, 0.3) is 0 Å². The monoisotopic (exact) mass is 1910 g/mol. The van der Waals surface area contributed by atoms with Crippen molar-refractivity contribution in [3.05, 3.63) is 282 Å². The highest BCUT2D eigenvalue weighted by Gasteiger charge is 2.46. The number of rotatable bonds is 42. The normalized spacial score (nSPS) is 22.5. The van der Waals surface area contributed by atoms with Gasteiger partial charge in [-0.15, -0.1) is 0 Å². The van der Waals surface area contributed by atoms with Crippen molar-refractivity contribution in [3.63, 3.8) is 0 Å². The molecule has 4 aliphatic carbocycles. The van der Waals surface area contributed by atoms with Crippen molar-refractivity contribution in [1.82, 2.24) is 0 Å². The molecule has 8 N–H and O–H groups in total. The van der Waals surface area contributed by atoms with Gasteiger partial charge in [0.2, 0.25) is 11.5 Å². The van der Waals surface area contributed by atoms with Crippen molar-refractivity contribution >= 4 is 76.5 Å². The number of carboxylic acid groups (broad SMARTS) is 2. The average Bonchev–Trinajstić information content (AvgIpc) is 1.05. The fourth-order valence-corrected chi connectivity index (χ4v) is 15.7. The van der Waals surface area contributed by atoms with Crippen LogP contribution in [0.15, 0.2) is 282 Å². The van der Waals surface area contributed by atoms with Gasteiger partial charge in [0.1, 0.15) is 36.8 Å². The van der Waals surface area contributed by atoms with E-state index < -0.39 is 138 Å². The van der Waals surface area contributed by atoms with Gasteiger partial charge in [-0.25, -0.2) is 9.59 Å². The number of carboxylic acids is 2. The first-order chi connectivity index (χ1) is 64.4. The minimum Gasteiger partial charge on any atom is -0.505 e. The standard InChI is InChI=1S/C51H66O10.C48H60O10.C11H14O8/c1-31(17-13-14-18-32(2)20-16-22-34(4)24-26-40-36(6)45(55)43(59-12)29-51(40,10)11)19-15-21-33(3)23-25-39-35(5)44(54)38(28-50(39,8)9)27-41(52)37(7)60-30-42(53)48-46(56)47(57)49(58)61-48;1-31(17-13-19-33(3)21-23-37-35(5)45(55)39(29-47(37,7)8)57-43(53)27-25-41(49)50)15-11-12-16-32(2)18-14-20-34(4)22-24-38-36(6)46(56)40(30-48(38,9)10)58-44(54)28-26-42(51)52;1-5(12)2-3-7(14)18-4-6(13)10-8(15)9(16)11(17)19-10/h13-26,37-38,42-43,48,53,56-57H,27-30H2,1-12H3;11-24,39-40H,25-30H2,1-10H3,(H,49,50)(H,51,52);6,10,13,15-16H,2-4H2,1H3/b14-13+,19-15+,20-16+,25-23+,26-24+,31-17+,32-18+,33-21+,34-22+;12-11+,17-13+,18-14+,23-21+,24-22+,31-15+,32-16+,33-19+,34-20+;/t37?,38?,42-,43?,48+;;6-,10+/m0.0/s1. The Morgan fingerprint density at radius 2 is 0.667 bits per heavy atom. The zero-order valence-electron chi connectivity index (χ0n) is 83.8. The van der Waals surface area contributed by atoms with E-state index in [0.29, 0.717) is 42.4 Å². The minimum absolute atomic E-state index is 0.0271. The lowest BCUT2D eigenvalue weighted by Gasteiger charge is -2.37. The van der Waals surface area contributed by atoms with E-state index >= 15 is 0 Å². The molecule has 0 aromatic heterocycles. The number of hydrogen-bond donors (Lipinski definition) is 8. The molecule has 28 heteroatoms. The molecule has 2 heterocycles. The molecule has 0 radical (unpaired) electrons. The van der Waals surface area contributed by atoms with E-state index in [0.717, 1.165) is 72.5 Å². The lowest BCUT2D eigenvalue weighted by atomic mass is 9.66. The van der Waals surface area contributed by atoms with Gasteiger partial charge in [0, 0.05) is 38.7 Å². The van der Waals surface area contributed by atoms with Gasteiger partial charge >= 0.3 is 41.8 Å². The zero-order chi connectivity index (χ0) is 104. The number of aliphatic hydroxyl groups excluding tert-OH is 6. The molecule has 0 saturated heterocycles. The number of aliphatic hydroxyl groups is 6. The van der Waals surface area contributed by atoms with Gasteiger partial charge < -0.3 is 78.8 Å². The van der Waals surface area contributed by atoms with E-state index in [4.69, 9.17) is 39.0 Å². The van der Waals surface area contributed by atoms with Crippen LogP contribution in [0.25, 0.3) is 0 Å². The van der Waals surface area contributed by atoms with Crippen molar-refractivity contribution < 1.29 is 136 Å². The Kier molecular flexibility index (Phi) is 46.7. The van der Waals surface area contributed by atoms with E-state index in [1.165, 1.54) is 13.8 Å². The number of ketones is 6. The molecule has 9 atom stereocenters. The van der Waals surface area contributed by atoms with Gasteiger partial charge in [0.15, 0.2) is 64.9 Å². The molecule has 5 unspecified atom stereocenters. The van der Waals surface area contributed by atoms with Crippen molar-refractivity contribution in [2.75, 3.05) is 20.3 Å². The molecule has 0 aromatic carbocycles. The Hall–Kier alpha value is -12.9. The Morgan fingerprint density at radius 1 is 0.384 bits per heavy atom. The molecule has 0 aromatic rings. The van der Waals surface area contributed by atoms with Crippen LogP contribution in [0, 0.1) is 27.6 Å². The summed E-state index contributed by atoms with van der Waals surface area (Å²) in [6.07, 6.45) is 47.2. The van der Waals surface area contributed by atoms with Crippen LogP contribution in [0.4, 0.5) is 0 Å². The van der Waals surface area contributed by atoms with E-state index in [9.17, 15) is 87.9 Å². The summed E-state index contributed by atoms with van der Waals surface area (Å²) in [4.78, 5) is 155. The maximum atomic E-state index is 13.5. The van der Waals surface area contributed by atoms with E-state index in [2.05, 4.69) is 61.5 Å². The number of methoxy groups -OCH3 is 1. The van der Waals surface area contributed by atoms with Gasteiger partial charge in [-0.1, -0.05) is 270 Å². The topological polar surface area (TPSA) is 448 Å². The highest BCUT2D eigenvalue weighted by atomic mass is 16.6. The number of esters is 5. The van der Waals surface area contributed by atoms with Crippen LogP contribution in [0.3, 0.4) is 0 Å². The van der Waals surface area contributed by atoms with Gasteiger partial charge in [-0.3, -0.25) is 47.9 Å². The Balaban J connectivity index is 0.000000484. The van der Waals surface area contributed by atoms with E-state index in [1.54, 1.807) is 27.9 Å². The fourth-order valence-electron chi connectivity index (χ4n) is 15.7. The van der Waals surface area contributed by atoms with Gasteiger partial charge in [0.05, 0.1) is 38.7 Å². The zero-order valence-corrected chi connectivity index (χ0v) is 83.8. The molecule has 0 spiro atoms. The lowest BCUT2D eigenvalue weighted by molar-refractivity contribution is -0.157. The first-order valence-electron chi connectivity index (χ1n) is 45.7. The Labute approximate surface area is 810 Å². The second-order valence-corrected chi connectivity index (χ2v) is 37.7. The number of carbonyl (C=O) groups is 13. The predicted molar refractivity (Wildman–Crippen MR) is 526 cm³/mol. The molecule has 6 aliphatic rings. The molecule has 6 rings (SSSR count). The number of Topliss-reactive ketones (excluding diaryl/α,β-unsaturated/α-hetero) is 6. The first kappa shape index (κ1) is 117. The van der Waals surface area contributed by atoms with Gasteiger partial charge in [-0.05, 0) is 176 Å². The number of ether oxygens (including phenoxy) is 7. The van der Waals surface area contributed by atoms with Crippen LogP contribution in [0.1, 0.15) is 223 Å². The number of hydrogen-bond acceptors (Lipinski definition) is 26. The van der Waals surface area contributed by atoms with E-state index in [1.807, 2.05) is 236 Å². The molecular weight excluding hydrogens is 1770 g/mol. The molecule has 138 heavy (non-hydrogen) atoms. The third kappa shape index (κ3) is 37.9. The fraction of sp³-hybridized carbons (Fsp3) is 0.445. The minimum atomic E-state index is -1.50. The van der Waals surface area contributed by atoms with Crippen molar-refractivity contribution in [2.45, 2.75) is 272 Å². The van der Waals surface area contributed by atoms with Crippen LogP contribution in [-0.4, -0.2) is 186 Å². The van der Waals surface area contributed by atoms with Crippen molar-refractivity contribution in [3.8, 4) is 0 Å². The first-order valence-corrected chi connectivity index (χ1v) is 45.7. The van der Waals surface area contributed by atoms with Crippen LogP contribution in [-0.2, 0) is 95.5 Å². The highest BCUT2D eigenvalue weighted by molar-refractivity contribution is 6.04. The summed E-state index contributed by atoms with van der Waals surface area (Å²) in [5.41, 5.74) is 13.1. The third-order valence-corrected chi connectivity index (χ3v) is 23.7. The number of carbonyl (C=O) groups excluding carboxylic acids is 11. The number of cyclic esters (lactones) is 2. The van der Waals surface area contributed by atoms with Crippen LogP contribution >= 0.6 is 0 Å². The second-order valence-electron chi connectivity index (χ2n) is 37.7. The Bertz CT molecular complexity index is 5260. The molecule has 748 valence electrons. The molecule has 28 nitrogen and oxygen atoms in total. The Morgan fingerprint density at radius 3 is 0.971 bits per heavy atom. The van der Waals surface area contributed by atoms with E-state index in [-0.39, 0.29) is 96.6 Å². The summed E-state index contributed by atoms with van der Waals surface area (Å²) in [7, 11) is 1.59. The molecule has 0 saturated carbocycles. The molecule has 0 amide bonds. The second kappa shape index (κ2) is 54.9. The molecule has 2 aliphatic heterocycles. The molecule has 0 fully saturated rings. The number of allylic oxidation sites excluding steroid dienone is 41.